The molecule has 1 N–H and O–H groups in total. The molecule has 23 heavy (non-hydrogen) atoms. The number of amides is 1. The summed E-state index contributed by atoms with van der Waals surface area (Å²) in [5.74, 6) is -0.191. The minimum Gasteiger partial charge on any atom is -0.356 e. The van der Waals surface area contributed by atoms with E-state index in [9.17, 15) is 26.4 Å². The van der Waals surface area contributed by atoms with Crippen LogP contribution in [0.3, 0.4) is 0 Å². The van der Waals surface area contributed by atoms with E-state index >= 15 is 0 Å². The summed E-state index contributed by atoms with van der Waals surface area (Å²) in [6, 6.07) is 3.78. The van der Waals surface area contributed by atoms with Crippen molar-refractivity contribution in [3.63, 3.8) is 0 Å². The number of hydrogen-bond donors (Lipinski definition) is 1. The molecule has 0 bridgehead atoms. The number of piperidine rings is 1. The van der Waals surface area contributed by atoms with Crippen LogP contribution in [-0.2, 0) is 20.8 Å². The third kappa shape index (κ3) is 4.25. The minimum atomic E-state index is -4.59. The van der Waals surface area contributed by atoms with Crippen LogP contribution in [0.1, 0.15) is 31.7 Å². The second-order valence-electron chi connectivity index (χ2n) is 5.83. The maximum Gasteiger partial charge on any atom is 0.416 e. The van der Waals surface area contributed by atoms with Crippen molar-refractivity contribution in [3.8, 4) is 0 Å². The zero-order valence-electron chi connectivity index (χ0n) is 12.6. The molecule has 0 aliphatic carbocycles. The van der Waals surface area contributed by atoms with E-state index in [1.807, 2.05) is 0 Å². The number of nitrogens with one attached hydrogen (secondary N) is 1. The molecule has 0 saturated carbocycles. The largest absolute Gasteiger partial charge is 0.416 e. The Hall–Kier alpha value is -1.57. The average Bonchev–Trinajstić information content (AvgIpc) is 2.46. The van der Waals surface area contributed by atoms with E-state index in [0.717, 1.165) is 12.1 Å². The minimum absolute atomic E-state index is 0.0701. The van der Waals surface area contributed by atoms with Crippen molar-refractivity contribution in [1.82, 2.24) is 5.32 Å². The number of carbonyl (C=O) groups is 1. The van der Waals surface area contributed by atoms with Gasteiger partial charge in [0, 0.05) is 13.0 Å². The zero-order chi connectivity index (χ0) is 17.3. The van der Waals surface area contributed by atoms with Crippen molar-refractivity contribution in [2.45, 2.75) is 42.5 Å². The Morgan fingerprint density at radius 1 is 1.35 bits per heavy atom. The Morgan fingerprint density at radius 2 is 2.04 bits per heavy atom. The number of benzene rings is 1. The Bertz CT molecular complexity index is 685. The van der Waals surface area contributed by atoms with Crippen LogP contribution in [0.25, 0.3) is 0 Å². The molecule has 128 valence electrons. The monoisotopic (exact) mass is 349 g/mol. The molecule has 1 saturated heterocycles. The van der Waals surface area contributed by atoms with Crippen molar-refractivity contribution in [1.29, 1.82) is 0 Å². The summed E-state index contributed by atoms with van der Waals surface area (Å²) in [6.07, 6.45) is -3.40. The predicted octanol–water partition coefficient (Wildman–Crippen LogP) is 2.78. The number of alkyl halides is 3. The van der Waals surface area contributed by atoms with Crippen LogP contribution in [0.4, 0.5) is 13.2 Å². The Morgan fingerprint density at radius 3 is 2.65 bits per heavy atom. The summed E-state index contributed by atoms with van der Waals surface area (Å²) >= 11 is 0. The fourth-order valence-electron chi connectivity index (χ4n) is 2.73. The Labute approximate surface area is 133 Å². The lowest BCUT2D eigenvalue weighted by Gasteiger charge is -2.25. The molecule has 2 atom stereocenters. The zero-order valence-corrected chi connectivity index (χ0v) is 13.4. The second-order valence-corrected chi connectivity index (χ2v) is 8.19. The molecular weight excluding hydrogens is 331 g/mol. The number of carbonyl (C=O) groups excluding carboxylic acids is 1. The van der Waals surface area contributed by atoms with Gasteiger partial charge in [0.25, 0.3) is 0 Å². The first-order valence-corrected chi connectivity index (χ1v) is 8.83. The standard InChI is InChI=1S/C15H18F3NO3S/c1-10(7-11-5-6-19-14(20)8-11)23(21,22)13-4-2-3-12(9-13)15(16,17)18/h2-4,9-11H,5-8H2,1H3,(H,19,20). The van der Waals surface area contributed by atoms with Crippen LogP contribution < -0.4 is 5.32 Å². The highest BCUT2D eigenvalue weighted by molar-refractivity contribution is 7.92. The molecule has 1 amide bonds. The van der Waals surface area contributed by atoms with E-state index in [1.54, 1.807) is 0 Å². The van der Waals surface area contributed by atoms with Gasteiger partial charge in [-0.15, -0.1) is 0 Å². The summed E-state index contributed by atoms with van der Waals surface area (Å²) in [7, 11) is -3.87. The molecule has 0 aromatic heterocycles. The third-order valence-electron chi connectivity index (χ3n) is 4.03. The highest BCUT2D eigenvalue weighted by Gasteiger charge is 2.33. The van der Waals surface area contributed by atoms with Gasteiger partial charge >= 0.3 is 6.18 Å². The molecule has 4 nitrogen and oxygen atoms in total. The summed E-state index contributed by atoms with van der Waals surface area (Å²) in [4.78, 5) is 11.0. The molecule has 0 spiro atoms. The van der Waals surface area contributed by atoms with Crippen LogP contribution in [0, 0.1) is 5.92 Å². The molecule has 8 heteroatoms. The molecular formula is C15H18F3NO3S. The molecule has 1 aromatic rings. The summed E-state index contributed by atoms with van der Waals surface area (Å²) < 4.78 is 63.2. The van der Waals surface area contributed by atoms with E-state index in [0.29, 0.717) is 19.0 Å². The molecule has 1 fully saturated rings. The van der Waals surface area contributed by atoms with Crippen LogP contribution in [0.5, 0.6) is 0 Å². The molecule has 2 unspecified atom stereocenters. The van der Waals surface area contributed by atoms with E-state index in [1.165, 1.54) is 13.0 Å². The van der Waals surface area contributed by atoms with Crippen molar-refractivity contribution >= 4 is 15.7 Å². The van der Waals surface area contributed by atoms with Crippen molar-refractivity contribution < 1.29 is 26.4 Å². The van der Waals surface area contributed by atoms with Gasteiger partial charge in [0.1, 0.15) is 0 Å². The van der Waals surface area contributed by atoms with E-state index in [-0.39, 0.29) is 29.6 Å². The first-order valence-electron chi connectivity index (χ1n) is 7.28. The quantitative estimate of drug-likeness (QED) is 0.909. The normalized spacial score (nSPS) is 20.9. The van der Waals surface area contributed by atoms with Gasteiger partial charge in [0.05, 0.1) is 15.7 Å². The molecule has 1 aliphatic heterocycles. The van der Waals surface area contributed by atoms with Gasteiger partial charge < -0.3 is 5.32 Å². The highest BCUT2D eigenvalue weighted by Crippen LogP contribution is 2.32. The first kappa shape index (κ1) is 17.8. The Balaban J connectivity index is 2.19. The summed E-state index contributed by atoms with van der Waals surface area (Å²) in [6.45, 7) is 1.97. The smallest absolute Gasteiger partial charge is 0.356 e. The van der Waals surface area contributed by atoms with Gasteiger partial charge in [-0.1, -0.05) is 6.07 Å². The van der Waals surface area contributed by atoms with Crippen LogP contribution >= 0.6 is 0 Å². The van der Waals surface area contributed by atoms with E-state index < -0.39 is 26.8 Å². The fourth-order valence-corrected chi connectivity index (χ4v) is 4.28. The average molecular weight is 349 g/mol. The number of sulfone groups is 1. The topological polar surface area (TPSA) is 63.2 Å². The van der Waals surface area contributed by atoms with Crippen LogP contribution in [-0.4, -0.2) is 26.1 Å². The van der Waals surface area contributed by atoms with Gasteiger partial charge in [0.15, 0.2) is 9.84 Å². The van der Waals surface area contributed by atoms with E-state index in [2.05, 4.69) is 5.32 Å². The third-order valence-corrected chi connectivity index (χ3v) is 6.20. The van der Waals surface area contributed by atoms with Gasteiger partial charge in [-0.25, -0.2) is 8.42 Å². The fraction of sp³-hybridized carbons (Fsp3) is 0.533. The molecule has 1 aromatic carbocycles. The maximum atomic E-state index is 12.7. The van der Waals surface area contributed by atoms with Gasteiger partial charge in [0.2, 0.25) is 5.91 Å². The lowest BCUT2D eigenvalue weighted by atomic mass is 9.93. The maximum absolute atomic E-state index is 12.7. The van der Waals surface area contributed by atoms with Crippen LogP contribution in [0.2, 0.25) is 0 Å². The SMILES string of the molecule is CC(CC1CCNC(=O)C1)S(=O)(=O)c1cccc(C(F)(F)F)c1. The summed E-state index contributed by atoms with van der Waals surface area (Å²) in [5.41, 5.74) is -0.984. The number of rotatable bonds is 4. The predicted molar refractivity (Wildman–Crippen MR) is 78.4 cm³/mol. The second kappa shape index (κ2) is 6.51. The van der Waals surface area contributed by atoms with Gasteiger partial charge in [-0.05, 0) is 43.9 Å². The van der Waals surface area contributed by atoms with Crippen molar-refractivity contribution in [2.24, 2.45) is 5.92 Å². The van der Waals surface area contributed by atoms with Crippen molar-refractivity contribution in [3.05, 3.63) is 29.8 Å². The molecule has 2 rings (SSSR count). The van der Waals surface area contributed by atoms with E-state index in [4.69, 9.17) is 0 Å². The number of halogens is 3. The van der Waals surface area contributed by atoms with Crippen molar-refractivity contribution in [2.75, 3.05) is 6.54 Å². The summed E-state index contributed by atoms with van der Waals surface area (Å²) in [5, 5.41) is 1.82. The number of hydrogen-bond acceptors (Lipinski definition) is 3. The lowest BCUT2D eigenvalue weighted by Crippen LogP contribution is -2.35. The first-order chi connectivity index (χ1) is 10.6. The highest BCUT2D eigenvalue weighted by atomic mass is 32.2. The molecule has 1 heterocycles. The van der Waals surface area contributed by atoms with Crippen LogP contribution in [0.15, 0.2) is 29.2 Å². The van der Waals surface area contributed by atoms with Gasteiger partial charge in [-0.2, -0.15) is 13.2 Å². The molecule has 0 radical (unpaired) electrons. The molecule has 1 aliphatic rings. The lowest BCUT2D eigenvalue weighted by molar-refractivity contribution is -0.137. The van der Waals surface area contributed by atoms with Gasteiger partial charge in [-0.3, -0.25) is 4.79 Å². The Kier molecular flexibility index (Phi) is 5.03.